The summed E-state index contributed by atoms with van der Waals surface area (Å²) in [5.74, 6) is 0.193. The number of rotatable bonds is 2. The number of hydrogen-bond donors (Lipinski definition) is 1. The Morgan fingerprint density at radius 2 is 2.06 bits per heavy atom. The van der Waals surface area contributed by atoms with Gasteiger partial charge in [0.15, 0.2) is 0 Å². The number of nitrogens with two attached hydrogens (primary N) is 1. The Balaban J connectivity index is 2.13. The van der Waals surface area contributed by atoms with Gasteiger partial charge in [-0.05, 0) is 39.0 Å². The van der Waals surface area contributed by atoms with Gasteiger partial charge < -0.3 is 10.6 Å². The van der Waals surface area contributed by atoms with Crippen molar-refractivity contribution in [2.24, 2.45) is 11.1 Å². The number of hydrogen-bond acceptors (Lipinski definition) is 2. The lowest BCUT2D eigenvalue weighted by atomic mass is 9.67. The van der Waals surface area contributed by atoms with Crippen LogP contribution in [-0.2, 0) is 4.79 Å². The van der Waals surface area contributed by atoms with Crippen LogP contribution < -0.4 is 5.73 Å². The molecule has 1 amide bonds. The molecule has 1 aliphatic carbocycles. The highest BCUT2D eigenvalue weighted by atomic mass is 32.1. The number of carbonyl (C=O) groups is 1. The Labute approximate surface area is 102 Å². The van der Waals surface area contributed by atoms with Gasteiger partial charge in [-0.2, -0.15) is 0 Å². The largest absolute Gasteiger partial charge is 0.392 e. The van der Waals surface area contributed by atoms with E-state index in [2.05, 4.69) is 6.92 Å². The number of amides is 1. The molecule has 1 saturated carbocycles. The van der Waals surface area contributed by atoms with E-state index in [9.17, 15) is 4.79 Å². The van der Waals surface area contributed by atoms with E-state index in [0.717, 1.165) is 38.6 Å². The molecule has 0 aromatic carbocycles. The molecule has 1 heterocycles. The second-order valence-corrected chi connectivity index (χ2v) is 5.58. The van der Waals surface area contributed by atoms with E-state index in [4.69, 9.17) is 18.0 Å². The maximum atomic E-state index is 12.5. The molecule has 2 N–H and O–H groups in total. The Morgan fingerprint density at radius 1 is 1.38 bits per heavy atom. The highest BCUT2D eigenvalue weighted by Gasteiger charge is 2.49. The minimum atomic E-state index is -0.485. The molecule has 0 bridgehead atoms. The normalized spacial score (nSPS) is 28.3. The van der Waals surface area contributed by atoms with E-state index in [-0.39, 0.29) is 5.91 Å². The highest BCUT2D eigenvalue weighted by molar-refractivity contribution is 7.80. The third-order valence-corrected chi connectivity index (χ3v) is 4.54. The summed E-state index contributed by atoms with van der Waals surface area (Å²) < 4.78 is 0. The molecule has 90 valence electrons. The van der Waals surface area contributed by atoms with Gasteiger partial charge in [0.05, 0.1) is 10.4 Å². The van der Waals surface area contributed by atoms with Crippen molar-refractivity contribution in [2.75, 3.05) is 6.54 Å². The first-order valence-corrected chi connectivity index (χ1v) is 6.60. The lowest BCUT2D eigenvalue weighted by molar-refractivity contribution is -0.145. The smallest absolute Gasteiger partial charge is 0.235 e. The first kappa shape index (κ1) is 11.8. The zero-order valence-electron chi connectivity index (χ0n) is 9.87. The van der Waals surface area contributed by atoms with Crippen molar-refractivity contribution in [3.05, 3.63) is 0 Å². The first-order chi connectivity index (χ1) is 7.58. The van der Waals surface area contributed by atoms with Crippen molar-refractivity contribution in [1.82, 2.24) is 4.90 Å². The molecule has 2 fully saturated rings. The molecule has 1 aliphatic heterocycles. The minimum absolute atomic E-state index is 0.193. The van der Waals surface area contributed by atoms with E-state index in [1.807, 2.05) is 4.90 Å². The molecule has 1 saturated heterocycles. The average molecular weight is 240 g/mol. The molecule has 0 aromatic heterocycles. The molecule has 1 unspecified atom stereocenters. The zero-order chi connectivity index (χ0) is 11.8. The average Bonchev–Trinajstić information content (AvgIpc) is 2.15. The van der Waals surface area contributed by atoms with E-state index in [1.165, 1.54) is 6.42 Å². The molecule has 2 aliphatic rings. The second-order valence-electron chi connectivity index (χ2n) is 5.14. The number of thiocarbonyl (C=S) groups is 1. The van der Waals surface area contributed by atoms with Gasteiger partial charge >= 0.3 is 0 Å². The summed E-state index contributed by atoms with van der Waals surface area (Å²) in [7, 11) is 0. The number of piperidine rings is 1. The molecule has 4 heteroatoms. The Hall–Kier alpha value is -0.640. The molecule has 1 atom stereocenters. The fraction of sp³-hybridized carbons (Fsp3) is 0.833. The van der Waals surface area contributed by atoms with Crippen molar-refractivity contribution < 1.29 is 4.79 Å². The molecule has 2 rings (SSSR count). The summed E-state index contributed by atoms with van der Waals surface area (Å²) in [6, 6.07) is 0.355. The molecule has 3 nitrogen and oxygen atoms in total. The van der Waals surface area contributed by atoms with Crippen LogP contribution in [0, 0.1) is 5.41 Å². The first-order valence-electron chi connectivity index (χ1n) is 6.19. The summed E-state index contributed by atoms with van der Waals surface area (Å²) in [4.78, 5) is 14.9. The second kappa shape index (κ2) is 4.32. The van der Waals surface area contributed by atoms with Crippen LogP contribution in [0.4, 0.5) is 0 Å². The monoisotopic (exact) mass is 240 g/mol. The van der Waals surface area contributed by atoms with Crippen molar-refractivity contribution >= 4 is 23.1 Å². The van der Waals surface area contributed by atoms with Crippen molar-refractivity contribution in [3.8, 4) is 0 Å². The fourth-order valence-electron chi connectivity index (χ4n) is 2.77. The van der Waals surface area contributed by atoms with Gasteiger partial charge in [-0.25, -0.2) is 0 Å². The maximum absolute atomic E-state index is 12.5. The third kappa shape index (κ3) is 1.73. The summed E-state index contributed by atoms with van der Waals surface area (Å²) in [5, 5.41) is 0. The highest BCUT2D eigenvalue weighted by Crippen LogP contribution is 2.43. The van der Waals surface area contributed by atoms with E-state index in [1.54, 1.807) is 0 Å². The van der Waals surface area contributed by atoms with Crippen LogP contribution in [-0.4, -0.2) is 28.4 Å². The van der Waals surface area contributed by atoms with E-state index >= 15 is 0 Å². The fourth-order valence-corrected chi connectivity index (χ4v) is 3.06. The molecular formula is C12H20N2OS. The van der Waals surface area contributed by atoms with Crippen LogP contribution in [0.25, 0.3) is 0 Å². The maximum Gasteiger partial charge on any atom is 0.235 e. The minimum Gasteiger partial charge on any atom is -0.392 e. The topological polar surface area (TPSA) is 46.3 Å². The van der Waals surface area contributed by atoms with Crippen LogP contribution in [0.15, 0.2) is 0 Å². The van der Waals surface area contributed by atoms with Crippen LogP contribution in [0.1, 0.15) is 45.4 Å². The van der Waals surface area contributed by atoms with Crippen molar-refractivity contribution in [1.29, 1.82) is 0 Å². The van der Waals surface area contributed by atoms with Crippen molar-refractivity contribution in [2.45, 2.75) is 51.5 Å². The number of likely N-dealkylation sites (tertiary alicyclic amines) is 1. The predicted molar refractivity (Wildman–Crippen MR) is 68.1 cm³/mol. The quantitative estimate of drug-likeness (QED) is 0.749. The Bertz CT molecular complexity index is 312. The lowest BCUT2D eigenvalue weighted by Gasteiger charge is -2.45. The standard InChI is InChI=1S/C12H20N2OS/c1-9-5-2-3-8-14(9)11(15)12(10(13)16)6-4-7-12/h9H,2-8H2,1H3,(H2,13,16). The van der Waals surface area contributed by atoms with Crippen LogP contribution in [0.2, 0.25) is 0 Å². The molecule has 0 aromatic rings. The predicted octanol–water partition coefficient (Wildman–Crippen LogP) is 1.84. The summed E-state index contributed by atoms with van der Waals surface area (Å²) in [6.45, 7) is 3.01. The Kier molecular flexibility index (Phi) is 3.19. The van der Waals surface area contributed by atoms with Crippen LogP contribution >= 0.6 is 12.2 Å². The van der Waals surface area contributed by atoms with Gasteiger partial charge in [-0.1, -0.05) is 18.6 Å². The summed E-state index contributed by atoms with van der Waals surface area (Å²) in [5.41, 5.74) is 5.28. The zero-order valence-corrected chi connectivity index (χ0v) is 10.7. The van der Waals surface area contributed by atoms with E-state index < -0.39 is 5.41 Å². The van der Waals surface area contributed by atoms with Crippen LogP contribution in [0.5, 0.6) is 0 Å². The SMILES string of the molecule is CC1CCCCN1C(=O)C1(C(N)=S)CCC1. The molecular weight excluding hydrogens is 220 g/mol. The van der Waals surface area contributed by atoms with Crippen LogP contribution in [0.3, 0.4) is 0 Å². The molecule has 0 radical (unpaired) electrons. The number of carbonyl (C=O) groups excluding carboxylic acids is 1. The lowest BCUT2D eigenvalue weighted by Crippen LogP contribution is -2.57. The Morgan fingerprint density at radius 3 is 2.50 bits per heavy atom. The summed E-state index contributed by atoms with van der Waals surface area (Å²) in [6.07, 6.45) is 6.23. The summed E-state index contributed by atoms with van der Waals surface area (Å²) >= 11 is 5.10. The van der Waals surface area contributed by atoms with Gasteiger partial charge in [0.25, 0.3) is 0 Å². The van der Waals surface area contributed by atoms with E-state index in [0.29, 0.717) is 11.0 Å². The van der Waals surface area contributed by atoms with Gasteiger partial charge in [0.2, 0.25) is 5.91 Å². The van der Waals surface area contributed by atoms with Gasteiger partial charge in [-0.15, -0.1) is 0 Å². The van der Waals surface area contributed by atoms with Gasteiger partial charge in [-0.3, -0.25) is 4.79 Å². The van der Waals surface area contributed by atoms with Crippen molar-refractivity contribution in [3.63, 3.8) is 0 Å². The molecule has 16 heavy (non-hydrogen) atoms. The van der Waals surface area contributed by atoms with Gasteiger partial charge in [0.1, 0.15) is 0 Å². The number of nitrogens with zero attached hydrogens (tertiary/aromatic N) is 1. The molecule has 0 spiro atoms. The van der Waals surface area contributed by atoms with Gasteiger partial charge in [0, 0.05) is 12.6 Å². The third-order valence-electron chi connectivity index (χ3n) is 4.15.